The molecule has 2 rings (SSSR count). The molecule has 0 aromatic heterocycles. The summed E-state index contributed by atoms with van der Waals surface area (Å²) in [6, 6.07) is 16.9. The van der Waals surface area contributed by atoms with Gasteiger partial charge < -0.3 is 9.47 Å². The molecule has 0 fully saturated rings. The van der Waals surface area contributed by atoms with Gasteiger partial charge in [0.1, 0.15) is 6.10 Å². The monoisotopic (exact) mass is 366 g/mol. The Hall–Kier alpha value is -2.72. The first kappa shape index (κ1) is 20.6. The maximum Gasteiger partial charge on any atom is 0.293 e. The lowest BCUT2D eigenvalue weighted by Gasteiger charge is -2.15. The lowest BCUT2D eigenvalue weighted by atomic mass is 10.0. The van der Waals surface area contributed by atoms with Crippen LogP contribution in [0.2, 0.25) is 0 Å². The SMILES string of the molecule is COCCCCCC(OC=O)c1ccc(C=CC(=O)c2ccccc2)cc1. The van der Waals surface area contributed by atoms with Crippen LogP contribution in [0, 0.1) is 0 Å². The summed E-state index contributed by atoms with van der Waals surface area (Å²) in [5.41, 5.74) is 2.55. The number of unbranched alkanes of at least 4 members (excludes halogenated alkanes) is 2. The third-order valence-electron chi connectivity index (χ3n) is 4.33. The Morgan fingerprint density at radius 3 is 2.41 bits per heavy atom. The average Bonchev–Trinajstić information content (AvgIpc) is 2.72. The van der Waals surface area contributed by atoms with E-state index in [1.807, 2.05) is 42.5 Å². The maximum atomic E-state index is 12.1. The van der Waals surface area contributed by atoms with Gasteiger partial charge in [-0.3, -0.25) is 9.59 Å². The molecule has 0 aliphatic carbocycles. The molecule has 0 bridgehead atoms. The van der Waals surface area contributed by atoms with E-state index in [-0.39, 0.29) is 11.9 Å². The van der Waals surface area contributed by atoms with Crippen molar-refractivity contribution in [2.24, 2.45) is 0 Å². The van der Waals surface area contributed by atoms with Crippen molar-refractivity contribution in [1.82, 2.24) is 0 Å². The molecule has 0 N–H and O–H groups in total. The largest absolute Gasteiger partial charge is 0.460 e. The van der Waals surface area contributed by atoms with Crippen LogP contribution in [0.4, 0.5) is 0 Å². The van der Waals surface area contributed by atoms with E-state index in [2.05, 4.69) is 0 Å². The zero-order valence-electron chi connectivity index (χ0n) is 15.7. The van der Waals surface area contributed by atoms with Gasteiger partial charge in [0.25, 0.3) is 6.47 Å². The molecule has 1 unspecified atom stereocenters. The molecule has 0 radical (unpaired) electrons. The highest BCUT2D eigenvalue weighted by Gasteiger charge is 2.12. The second-order valence-corrected chi connectivity index (χ2v) is 6.29. The summed E-state index contributed by atoms with van der Waals surface area (Å²) in [7, 11) is 1.70. The summed E-state index contributed by atoms with van der Waals surface area (Å²) in [6.07, 6.45) is 6.91. The minimum Gasteiger partial charge on any atom is -0.460 e. The van der Waals surface area contributed by atoms with Gasteiger partial charge in [0, 0.05) is 19.3 Å². The van der Waals surface area contributed by atoms with Crippen molar-refractivity contribution in [1.29, 1.82) is 0 Å². The first-order valence-electron chi connectivity index (χ1n) is 9.20. The van der Waals surface area contributed by atoms with Crippen LogP contribution in [0.3, 0.4) is 0 Å². The lowest BCUT2D eigenvalue weighted by molar-refractivity contribution is -0.134. The van der Waals surface area contributed by atoms with E-state index >= 15 is 0 Å². The Labute approximate surface area is 160 Å². The number of hydrogen-bond donors (Lipinski definition) is 0. The van der Waals surface area contributed by atoms with Crippen molar-refractivity contribution in [2.75, 3.05) is 13.7 Å². The third-order valence-corrected chi connectivity index (χ3v) is 4.33. The fourth-order valence-electron chi connectivity index (χ4n) is 2.83. The van der Waals surface area contributed by atoms with Crippen molar-refractivity contribution < 1.29 is 19.1 Å². The van der Waals surface area contributed by atoms with Crippen LogP contribution in [-0.2, 0) is 14.3 Å². The summed E-state index contributed by atoms with van der Waals surface area (Å²) in [6.45, 7) is 1.26. The van der Waals surface area contributed by atoms with Gasteiger partial charge in [-0.25, -0.2) is 0 Å². The summed E-state index contributed by atoms with van der Waals surface area (Å²) in [5, 5.41) is 0. The second-order valence-electron chi connectivity index (χ2n) is 6.29. The van der Waals surface area contributed by atoms with Gasteiger partial charge in [0.05, 0.1) is 0 Å². The van der Waals surface area contributed by atoms with Crippen LogP contribution in [0.5, 0.6) is 0 Å². The van der Waals surface area contributed by atoms with Crippen molar-refractivity contribution in [3.05, 3.63) is 77.4 Å². The molecule has 4 nitrogen and oxygen atoms in total. The number of rotatable bonds is 12. The molecule has 0 amide bonds. The summed E-state index contributed by atoms with van der Waals surface area (Å²) in [5.74, 6) is -0.0297. The van der Waals surface area contributed by atoms with E-state index in [0.29, 0.717) is 12.0 Å². The van der Waals surface area contributed by atoms with Crippen LogP contribution in [0.15, 0.2) is 60.7 Å². The fourth-order valence-corrected chi connectivity index (χ4v) is 2.83. The smallest absolute Gasteiger partial charge is 0.293 e. The Kier molecular flexibility index (Phi) is 9.01. The highest BCUT2D eigenvalue weighted by atomic mass is 16.5. The van der Waals surface area contributed by atoms with Crippen molar-refractivity contribution in [3.63, 3.8) is 0 Å². The van der Waals surface area contributed by atoms with Gasteiger partial charge >= 0.3 is 0 Å². The number of allylic oxidation sites excluding steroid dienone is 1. The van der Waals surface area contributed by atoms with Crippen molar-refractivity contribution >= 4 is 18.3 Å². The molecule has 2 aromatic carbocycles. The Morgan fingerprint density at radius 1 is 1.00 bits per heavy atom. The predicted octanol–water partition coefficient (Wildman–Crippen LogP) is 5.00. The molecule has 1 atom stereocenters. The van der Waals surface area contributed by atoms with E-state index in [1.165, 1.54) is 0 Å². The zero-order valence-corrected chi connectivity index (χ0v) is 15.7. The van der Waals surface area contributed by atoms with Crippen molar-refractivity contribution in [2.45, 2.75) is 31.8 Å². The summed E-state index contributed by atoms with van der Waals surface area (Å²) in [4.78, 5) is 22.9. The third kappa shape index (κ3) is 7.19. The Bertz CT molecular complexity index is 720. The number of ketones is 1. The van der Waals surface area contributed by atoms with E-state index in [1.54, 1.807) is 31.4 Å². The van der Waals surface area contributed by atoms with Gasteiger partial charge in [-0.05, 0) is 36.5 Å². The number of ether oxygens (including phenoxy) is 2. The topological polar surface area (TPSA) is 52.6 Å². The number of hydrogen-bond acceptors (Lipinski definition) is 4. The van der Waals surface area contributed by atoms with Gasteiger partial charge in [-0.1, -0.05) is 67.1 Å². The quantitative estimate of drug-likeness (QED) is 0.229. The number of carbonyl (C=O) groups excluding carboxylic acids is 2. The van der Waals surface area contributed by atoms with E-state index in [9.17, 15) is 9.59 Å². The van der Waals surface area contributed by atoms with Gasteiger partial charge in [0.15, 0.2) is 5.78 Å². The molecular weight excluding hydrogens is 340 g/mol. The molecule has 0 aliphatic rings. The molecule has 142 valence electrons. The number of methoxy groups -OCH3 is 1. The normalized spacial score (nSPS) is 12.0. The minimum absolute atomic E-state index is 0.0297. The zero-order chi connectivity index (χ0) is 19.3. The molecule has 4 heteroatoms. The van der Waals surface area contributed by atoms with Crippen LogP contribution in [0.1, 0.15) is 53.3 Å². The molecule has 0 spiro atoms. The molecule has 2 aromatic rings. The Morgan fingerprint density at radius 2 is 1.74 bits per heavy atom. The van der Waals surface area contributed by atoms with Gasteiger partial charge in [-0.15, -0.1) is 0 Å². The Balaban J connectivity index is 1.94. The van der Waals surface area contributed by atoms with Gasteiger partial charge in [-0.2, -0.15) is 0 Å². The van der Waals surface area contributed by atoms with E-state index < -0.39 is 0 Å². The van der Waals surface area contributed by atoms with Gasteiger partial charge in [0.2, 0.25) is 0 Å². The molecular formula is C23H26O4. The average molecular weight is 366 g/mol. The van der Waals surface area contributed by atoms with E-state index in [4.69, 9.17) is 9.47 Å². The highest BCUT2D eigenvalue weighted by molar-refractivity contribution is 6.06. The number of carbonyl (C=O) groups is 2. The molecule has 0 heterocycles. The van der Waals surface area contributed by atoms with Crippen LogP contribution >= 0.6 is 0 Å². The van der Waals surface area contributed by atoms with Crippen LogP contribution in [0.25, 0.3) is 6.08 Å². The number of benzene rings is 2. The fraction of sp³-hybridized carbons (Fsp3) is 0.304. The first-order valence-corrected chi connectivity index (χ1v) is 9.20. The molecule has 27 heavy (non-hydrogen) atoms. The molecule has 0 saturated carbocycles. The van der Waals surface area contributed by atoms with Crippen molar-refractivity contribution in [3.8, 4) is 0 Å². The highest BCUT2D eigenvalue weighted by Crippen LogP contribution is 2.24. The lowest BCUT2D eigenvalue weighted by Crippen LogP contribution is -2.04. The van der Waals surface area contributed by atoms with E-state index in [0.717, 1.165) is 43.4 Å². The molecule has 0 aliphatic heterocycles. The summed E-state index contributed by atoms with van der Waals surface area (Å²) >= 11 is 0. The standard InChI is InChI=1S/C23H26O4/c1-26-17-7-3-6-10-23(27-18-24)21-14-11-19(12-15-21)13-16-22(25)20-8-4-2-5-9-20/h2,4-5,8-9,11-16,18,23H,3,6-7,10,17H2,1H3. The maximum absolute atomic E-state index is 12.1. The summed E-state index contributed by atoms with van der Waals surface area (Å²) < 4.78 is 10.3. The molecule has 0 saturated heterocycles. The minimum atomic E-state index is -0.242. The van der Waals surface area contributed by atoms with Crippen LogP contribution < -0.4 is 0 Å². The predicted molar refractivity (Wildman–Crippen MR) is 106 cm³/mol. The first-order chi connectivity index (χ1) is 13.2. The van der Waals surface area contributed by atoms with Crippen LogP contribution in [-0.4, -0.2) is 26.0 Å². The second kappa shape index (κ2) is 11.8.